The van der Waals surface area contributed by atoms with E-state index in [0.29, 0.717) is 42.6 Å². The predicted molar refractivity (Wildman–Crippen MR) is 138 cm³/mol. The van der Waals surface area contributed by atoms with Gasteiger partial charge in [0.2, 0.25) is 5.91 Å². The van der Waals surface area contributed by atoms with Crippen LogP contribution < -0.4 is 14.8 Å². The number of halogens is 2. The summed E-state index contributed by atoms with van der Waals surface area (Å²) in [7, 11) is 5.03. The summed E-state index contributed by atoms with van der Waals surface area (Å²) in [6.45, 7) is 3.30. The molecule has 1 fully saturated rings. The van der Waals surface area contributed by atoms with E-state index in [4.69, 9.17) is 21.1 Å². The molecule has 32 heavy (non-hydrogen) atoms. The van der Waals surface area contributed by atoms with Crippen molar-refractivity contribution in [3.63, 3.8) is 0 Å². The van der Waals surface area contributed by atoms with E-state index in [1.54, 1.807) is 21.3 Å². The summed E-state index contributed by atoms with van der Waals surface area (Å²) in [6, 6.07) is 13.3. The molecule has 0 radical (unpaired) electrons. The van der Waals surface area contributed by atoms with Gasteiger partial charge >= 0.3 is 0 Å². The zero-order chi connectivity index (χ0) is 22.2. The van der Waals surface area contributed by atoms with Crippen molar-refractivity contribution in [2.75, 3.05) is 47.4 Å². The highest BCUT2D eigenvalue weighted by Crippen LogP contribution is 2.30. The van der Waals surface area contributed by atoms with Gasteiger partial charge in [0.05, 0.1) is 20.6 Å². The van der Waals surface area contributed by atoms with Crippen LogP contribution in [0.4, 0.5) is 0 Å². The summed E-state index contributed by atoms with van der Waals surface area (Å²) in [5.41, 5.74) is 1.92. The van der Waals surface area contributed by atoms with Crippen LogP contribution in [0.2, 0.25) is 5.02 Å². The Morgan fingerprint density at radius 1 is 1.06 bits per heavy atom. The van der Waals surface area contributed by atoms with Crippen molar-refractivity contribution in [1.82, 2.24) is 15.1 Å². The van der Waals surface area contributed by atoms with Crippen LogP contribution in [0.25, 0.3) is 0 Å². The van der Waals surface area contributed by atoms with Crippen LogP contribution in [-0.4, -0.2) is 69.1 Å². The van der Waals surface area contributed by atoms with Gasteiger partial charge in [0.1, 0.15) is 0 Å². The van der Waals surface area contributed by atoms with Crippen molar-refractivity contribution in [2.45, 2.75) is 13.0 Å². The molecule has 7 nitrogen and oxygen atoms in total. The Hall–Kier alpha value is -2.20. The Morgan fingerprint density at radius 2 is 1.75 bits per heavy atom. The van der Waals surface area contributed by atoms with Crippen LogP contribution in [-0.2, 0) is 17.8 Å². The number of benzene rings is 2. The van der Waals surface area contributed by atoms with Crippen molar-refractivity contribution in [3.8, 4) is 11.5 Å². The SMILES string of the molecule is CN=C(NCc1cccc(OC)c1OC)N1CCN(C(=O)Cc2cccc(Cl)c2)CC1.I. The zero-order valence-corrected chi connectivity index (χ0v) is 21.7. The molecule has 1 aliphatic rings. The van der Waals surface area contributed by atoms with Crippen LogP contribution in [0.5, 0.6) is 11.5 Å². The first-order valence-corrected chi connectivity index (χ1v) is 10.6. The fraction of sp³-hybridized carbons (Fsp3) is 0.391. The first-order chi connectivity index (χ1) is 15.0. The highest BCUT2D eigenvalue weighted by molar-refractivity contribution is 14.0. The summed E-state index contributed by atoms with van der Waals surface area (Å²) >= 11 is 6.03. The highest BCUT2D eigenvalue weighted by Gasteiger charge is 2.23. The second-order valence-electron chi connectivity index (χ2n) is 7.23. The molecule has 9 heteroatoms. The number of guanidine groups is 1. The first-order valence-electron chi connectivity index (χ1n) is 10.2. The molecule has 0 unspecified atom stereocenters. The smallest absolute Gasteiger partial charge is 0.227 e. The maximum absolute atomic E-state index is 12.7. The zero-order valence-electron chi connectivity index (χ0n) is 18.6. The van der Waals surface area contributed by atoms with Gasteiger partial charge in [0.25, 0.3) is 0 Å². The maximum atomic E-state index is 12.7. The maximum Gasteiger partial charge on any atom is 0.227 e. The van der Waals surface area contributed by atoms with E-state index in [0.717, 1.165) is 30.2 Å². The lowest BCUT2D eigenvalue weighted by atomic mass is 10.1. The molecule has 1 amide bonds. The van der Waals surface area contributed by atoms with Crippen molar-refractivity contribution >= 4 is 47.4 Å². The largest absolute Gasteiger partial charge is 0.493 e. The van der Waals surface area contributed by atoms with Crippen LogP contribution >= 0.6 is 35.6 Å². The van der Waals surface area contributed by atoms with Gasteiger partial charge in [-0.2, -0.15) is 0 Å². The molecule has 174 valence electrons. The van der Waals surface area contributed by atoms with Crippen LogP contribution in [0.15, 0.2) is 47.5 Å². The lowest BCUT2D eigenvalue weighted by Crippen LogP contribution is -2.53. The molecule has 3 rings (SSSR count). The molecule has 1 saturated heterocycles. The molecule has 1 N–H and O–H groups in total. The molecule has 2 aromatic rings. The predicted octanol–water partition coefficient (Wildman–Crippen LogP) is 3.44. The topological polar surface area (TPSA) is 66.4 Å². The van der Waals surface area contributed by atoms with E-state index < -0.39 is 0 Å². The minimum Gasteiger partial charge on any atom is -0.493 e. The number of carbonyl (C=O) groups excluding carboxylic acids is 1. The number of nitrogens with one attached hydrogen (secondary N) is 1. The minimum absolute atomic E-state index is 0. The van der Waals surface area contributed by atoms with Crippen molar-refractivity contribution in [3.05, 3.63) is 58.6 Å². The van der Waals surface area contributed by atoms with E-state index in [9.17, 15) is 4.79 Å². The molecule has 0 aliphatic carbocycles. The molecular weight excluding hydrogens is 543 g/mol. The lowest BCUT2D eigenvalue weighted by molar-refractivity contribution is -0.131. The Morgan fingerprint density at radius 3 is 2.38 bits per heavy atom. The van der Waals surface area contributed by atoms with E-state index >= 15 is 0 Å². The van der Waals surface area contributed by atoms with Gasteiger partial charge in [-0.1, -0.05) is 35.9 Å². The number of hydrogen-bond acceptors (Lipinski definition) is 4. The number of methoxy groups -OCH3 is 2. The summed E-state index contributed by atoms with van der Waals surface area (Å²) in [5.74, 6) is 2.32. The molecule has 1 aliphatic heterocycles. The van der Waals surface area contributed by atoms with Gasteiger partial charge in [0, 0.05) is 50.4 Å². The highest BCUT2D eigenvalue weighted by atomic mass is 127. The molecule has 0 atom stereocenters. The molecule has 0 bridgehead atoms. The Bertz CT molecular complexity index is 933. The number of para-hydroxylation sites is 1. The van der Waals surface area contributed by atoms with Crippen molar-refractivity contribution in [1.29, 1.82) is 0 Å². The van der Waals surface area contributed by atoms with E-state index in [-0.39, 0.29) is 29.9 Å². The third-order valence-corrected chi connectivity index (χ3v) is 5.54. The summed E-state index contributed by atoms with van der Waals surface area (Å²) in [4.78, 5) is 21.1. The Kier molecular flexibility index (Phi) is 10.4. The quantitative estimate of drug-likeness (QED) is 0.327. The second-order valence-corrected chi connectivity index (χ2v) is 7.66. The van der Waals surface area contributed by atoms with Crippen molar-refractivity contribution < 1.29 is 14.3 Å². The van der Waals surface area contributed by atoms with Gasteiger partial charge in [-0.25, -0.2) is 0 Å². The average molecular weight is 573 g/mol. The molecule has 0 saturated carbocycles. The van der Waals surface area contributed by atoms with Crippen molar-refractivity contribution in [2.24, 2.45) is 4.99 Å². The number of carbonyl (C=O) groups is 1. The van der Waals surface area contributed by atoms with Crippen LogP contribution in [0.3, 0.4) is 0 Å². The van der Waals surface area contributed by atoms with Crippen LogP contribution in [0.1, 0.15) is 11.1 Å². The monoisotopic (exact) mass is 572 g/mol. The third kappa shape index (κ3) is 6.65. The van der Waals surface area contributed by atoms with E-state index in [2.05, 4.69) is 15.2 Å². The number of hydrogen-bond donors (Lipinski definition) is 1. The van der Waals surface area contributed by atoms with E-state index in [1.807, 2.05) is 47.4 Å². The minimum atomic E-state index is 0. The average Bonchev–Trinajstić information content (AvgIpc) is 2.79. The number of amides is 1. The standard InChI is InChI=1S/C23H29ClN4O3.HI/c1-25-23(26-16-18-7-5-9-20(30-2)22(18)31-3)28-12-10-27(11-13-28)21(29)15-17-6-4-8-19(24)14-17;/h4-9,14H,10-13,15-16H2,1-3H3,(H,25,26);1H. The Balaban J connectivity index is 0.00000363. The number of nitrogens with zero attached hydrogens (tertiary/aromatic N) is 3. The first kappa shape index (κ1) is 26.1. The Labute approximate surface area is 211 Å². The van der Waals surface area contributed by atoms with Gasteiger partial charge < -0.3 is 24.6 Å². The fourth-order valence-electron chi connectivity index (χ4n) is 3.70. The summed E-state index contributed by atoms with van der Waals surface area (Å²) < 4.78 is 10.9. The van der Waals surface area contributed by atoms with Gasteiger partial charge in [-0.3, -0.25) is 9.79 Å². The molecule has 2 aromatic carbocycles. The lowest BCUT2D eigenvalue weighted by Gasteiger charge is -2.36. The summed E-state index contributed by atoms with van der Waals surface area (Å²) in [5, 5.41) is 4.04. The number of ether oxygens (including phenoxy) is 2. The molecular formula is C23H30ClIN4O3. The second kappa shape index (κ2) is 12.7. The number of rotatable bonds is 6. The van der Waals surface area contributed by atoms with Gasteiger partial charge in [-0.15, -0.1) is 24.0 Å². The van der Waals surface area contributed by atoms with E-state index in [1.165, 1.54) is 0 Å². The van der Waals surface area contributed by atoms with Crippen LogP contribution in [0, 0.1) is 0 Å². The molecule has 0 aromatic heterocycles. The normalized spacial score (nSPS) is 13.9. The number of aliphatic imine (C=N–C) groups is 1. The molecule has 0 spiro atoms. The van der Waals surface area contributed by atoms with Gasteiger partial charge in [-0.05, 0) is 23.8 Å². The number of piperazine rings is 1. The molecule has 1 heterocycles. The third-order valence-electron chi connectivity index (χ3n) is 5.31. The summed E-state index contributed by atoms with van der Waals surface area (Å²) in [6.07, 6.45) is 0.364. The fourth-order valence-corrected chi connectivity index (χ4v) is 3.91. The van der Waals surface area contributed by atoms with Gasteiger partial charge in [0.15, 0.2) is 17.5 Å².